The zero-order chi connectivity index (χ0) is 14.1. The molecule has 3 rings (SSSR count). The summed E-state index contributed by atoms with van der Waals surface area (Å²) in [5.74, 6) is 1.19. The largest absolute Gasteiger partial charge is 0.382 e. The summed E-state index contributed by atoms with van der Waals surface area (Å²) in [7, 11) is 0. The van der Waals surface area contributed by atoms with Gasteiger partial charge in [0.2, 0.25) is 5.82 Å². The lowest BCUT2D eigenvalue weighted by Gasteiger charge is -2.04. The zero-order valence-electron chi connectivity index (χ0n) is 11.2. The molecule has 7 heteroatoms. The van der Waals surface area contributed by atoms with Crippen LogP contribution in [-0.4, -0.2) is 25.1 Å². The van der Waals surface area contributed by atoms with E-state index in [-0.39, 0.29) is 11.9 Å². The Bertz CT molecular complexity index is 716. The number of benzene rings is 1. The second kappa shape index (κ2) is 4.76. The third kappa shape index (κ3) is 2.03. The third-order valence-electron chi connectivity index (χ3n) is 2.88. The molecule has 20 heavy (non-hydrogen) atoms. The van der Waals surface area contributed by atoms with Crippen molar-refractivity contribution in [1.82, 2.24) is 25.1 Å². The van der Waals surface area contributed by atoms with Crippen molar-refractivity contribution in [3.05, 3.63) is 30.3 Å². The fraction of sp³-hybridized carbons (Fsp3) is 0.231. The third-order valence-corrected chi connectivity index (χ3v) is 2.88. The van der Waals surface area contributed by atoms with Gasteiger partial charge >= 0.3 is 0 Å². The van der Waals surface area contributed by atoms with Gasteiger partial charge in [0.15, 0.2) is 11.5 Å². The lowest BCUT2D eigenvalue weighted by Crippen LogP contribution is -2.07. The molecule has 1 aromatic carbocycles. The number of nitrogens with zero attached hydrogens (tertiary/aromatic N) is 5. The Labute approximate surface area is 115 Å². The second-order valence-corrected chi connectivity index (χ2v) is 4.65. The van der Waals surface area contributed by atoms with Crippen molar-refractivity contribution in [3.8, 4) is 23.0 Å². The summed E-state index contributed by atoms with van der Waals surface area (Å²) in [6, 6.07) is 9.68. The Morgan fingerprint density at radius 2 is 1.95 bits per heavy atom. The summed E-state index contributed by atoms with van der Waals surface area (Å²) in [6.07, 6.45) is 0. The maximum Gasteiger partial charge on any atom is 0.282 e. The molecule has 0 aliphatic rings. The van der Waals surface area contributed by atoms with Crippen molar-refractivity contribution in [1.29, 1.82) is 0 Å². The maximum absolute atomic E-state index is 5.99. The molecule has 7 nitrogen and oxygen atoms in total. The summed E-state index contributed by atoms with van der Waals surface area (Å²) < 4.78 is 6.83. The fourth-order valence-electron chi connectivity index (χ4n) is 1.86. The predicted octanol–water partition coefficient (Wildman–Crippen LogP) is 2.16. The molecule has 0 saturated heterocycles. The van der Waals surface area contributed by atoms with E-state index in [9.17, 15) is 0 Å². The molecule has 0 aliphatic heterocycles. The first kappa shape index (κ1) is 12.3. The molecule has 0 aliphatic carbocycles. The molecule has 3 aromatic rings. The average Bonchev–Trinajstić information content (AvgIpc) is 3.06. The van der Waals surface area contributed by atoms with E-state index in [2.05, 4.69) is 20.5 Å². The molecule has 2 heterocycles. The molecule has 0 bridgehead atoms. The Kier molecular flexibility index (Phi) is 2.94. The standard InChI is InChI=1S/C13H14N6O/c1-8(2)19-11(14)10(16-18-19)13-15-12(17-20-13)9-6-4-3-5-7-9/h3-8H,14H2,1-2H3. The molecule has 0 unspecified atom stereocenters. The van der Waals surface area contributed by atoms with E-state index in [1.54, 1.807) is 4.68 Å². The number of aromatic nitrogens is 5. The first-order valence-corrected chi connectivity index (χ1v) is 6.27. The highest BCUT2D eigenvalue weighted by molar-refractivity contribution is 5.64. The minimum Gasteiger partial charge on any atom is -0.382 e. The van der Waals surface area contributed by atoms with E-state index in [4.69, 9.17) is 10.3 Å². The Morgan fingerprint density at radius 3 is 2.60 bits per heavy atom. The van der Waals surface area contributed by atoms with Gasteiger partial charge in [-0.2, -0.15) is 4.98 Å². The maximum atomic E-state index is 5.99. The van der Waals surface area contributed by atoms with Gasteiger partial charge in [0.25, 0.3) is 5.89 Å². The molecule has 2 aromatic heterocycles. The average molecular weight is 270 g/mol. The quantitative estimate of drug-likeness (QED) is 0.783. The van der Waals surface area contributed by atoms with Crippen molar-refractivity contribution in [3.63, 3.8) is 0 Å². The number of hydrogen-bond donors (Lipinski definition) is 1. The first-order valence-electron chi connectivity index (χ1n) is 6.27. The van der Waals surface area contributed by atoms with Crippen LogP contribution in [0.15, 0.2) is 34.9 Å². The van der Waals surface area contributed by atoms with Gasteiger partial charge in [-0.25, -0.2) is 4.68 Å². The minimum atomic E-state index is 0.118. The van der Waals surface area contributed by atoms with Crippen LogP contribution in [0.5, 0.6) is 0 Å². The highest BCUT2D eigenvalue weighted by atomic mass is 16.5. The monoisotopic (exact) mass is 270 g/mol. The van der Waals surface area contributed by atoms with Crippen LogP contribution in [-0.2, 0) is 0 Å². The summed E-state index contributed by atoms with van der Waals surface area (Å²) in [6.45, 7) is 3.94. The Morgan fingerprint density at radius 1 is 1.20 bits per heavy atom. The van der Waals surface area contributed by atoms with Crippen LogP contribution in [0, 0.1) is 0 Å². The molecule has 0 amide bonds. The van der Waals surface area contributed by atoms with Crippen LogP contribution in [0.25, 0.3) is 23.0 Å². The van der Waals surface area contributed by atoms with E-state index in [0.29, 0.717) is 17.3 Å². The van der Waals surface area contributed by atoms with E-state index < -0.39 is 0 Å². The van der Waals surface area contributed by atoms with Gasteiger partial charge in [0.05, 0.1) is 6.04 Å². The van der Waals surface area contributed by atoms with Crippen LogP contribution >= 0.6 is 0 Å². The van der Waals surface area contributed by atoms with Gasteiger partial charge in [0.1, 0.15) is 0 Å². The van der Waals surface area contributed by atoms with Crippen LogP contribution in [0.2, 0.25) is 0 Å². The summed E-state index contributed by atoms with van der Waals surface area (Å²) in [5, 5.41) is 11.9. The Hall–Kier alpha value is -2.70. The van der Waals surface area contributed by atoms with Crippen LogP contribution in [0.4, 0.5) is 5.82 Å². The molecule has 0 spiro atoms. The number of rotatable bonds is 3. The van der Waals surface area contributed by atoms with Gasteiger partial charge in [-0.15, -0.1) is 5.10 Å². The van der Waals surface area contributed by atoms with Crippen LogP contribution in [0.3, 0.4) is 0 Å². The highest BCUT2D eigenvalue weighted by Crippen LogP contribution is 2.25. The van der Waals surface area contributed by atoms with E-state index in [0.717, 1.165) is 5.56 Å². The molecular weight excluding hydrogens is 256 g/mol. The molecule has 102 valence electrons. The number of nitrogens with two attached hydrogens (primary N) is 1. The molecule has 0 saturated carbocycles. The van der Waals surface area contributed by atoms with Gasteiger partial charge in [-0.3, -0.25) is 0 Å². The molecule has 0 radical (unpaired) electrons. The lowest BCUT2D eigenvalue weighted by molar-refractivity contribution is 0.431. The van der Waals surface area contributed by atoms with Crippen LogP contribution < -0.4 is 5.73 Å². The van der Waals surface area contributed by atoms with E-state index in [1.807, 2.05) is 44.2 Å². The summed E-state index contributed by atoms with van der Waals surface area (Å²) in [5.41, 5.74) is 7.28. The molecule has 0 atom stereocenters. The predicted molar refractivity (Wildman–Crippen MR) is 73.5 cm³/mol. The molecular formula is C13H14N6O. The van der Waals surface area contributed by atoms with Gasteiger partial charge in [0, 0.05) is 5.56 Å². The van der Waals surface area contributed by atoms with Crippen molar-refractivity contribution in [2.75, 3.05) is 5.73 Å². The topological polar surface area (TPSA) is 95.6 Å². The van der Waals surface area contributed by atoms with Crippen molar-refractivity contribution in [2.24, 2.45) is 0 Å². The zero-order valence-corrected chi connectivity index (χ0v) is 11.2. The SMILES string of the molecule is CC(C)n1nnc(-c2nc(-c3ccccc3)no2)c1N. The number of anilines is 1. The summed E-state index contributed by atoms with van der Waals surface area (Å²) in [4.78, 5) is 4.31. The minimum absolute atomic E-state index is 0.118. The summed E-state index contributed by atoms with van der Waals surface area (Å²) >= 11 is 0. The highest BCUT2D eigenvalue weighted by Gasteiger charge is 2.19. The van der Waals surface area contributed by atoms with Gasteiger partial charge in [-0.1, -0.05) is 40.7 Å². The van der Waals surface area contributed by atoms with Gasteiger partial charge in [-0.05, 0) is 13.8 Å². The second-order valence-electron chi connectivity index (χ2n) is 4.65. The van der Waals surface area contributed by atoms with Crippen LogP contribution in [0.1, 0.15) is 19.9 Å². The Balaban J connectivity index is 1.99. The lowest BCUT2D eigenvalue weighted by atomic mass is 10.2. The molecule has 2 N–H and O–H groups in total. The van der Waals surface area contributed by atoms with Gasteiger partial charge < -0.3 is 10.3 Å². The van der Waals surface area contributed by atoms with Crippen molar-refractivity contribution in [2.45, 2.75) is 19.9 Å². The van der Waals surface area contributed by atoms with Crippen molar-refractivity contribution < 1.29 is 4.52 Å². The fourth-order valence-corrected chi connectivity index (χ4v) is 1.86. The number of nitrogen functional groups attached to an aromatic ring is 1. The smallest absolute Gasteiger partial charge is 0.282 e. The number of hydrogen-bond acceptors (Lipinski definition) is 6. The normalized spacial score (nSPS) is 11.2. The van der Waals surface area contributed by atoms with E-state index >= 15 is 0 Å². The van der Waals surface area contributed by atoms with E-state index in [1.165, 1.54) is 0 Å². The van der Waals surface area contributed by atoms with Crippen molar-refractivity contribution >= 4 is 5.82 Å². The first-order chi connectivity index (χ1) is 9.66. The molecule has 0 fully saturated rings.